The Morgan fingerprint density at radius 3 is 2.54 bits per heavy atom. The zero-order chi connectivity index (χ0) is 26.3. The number of nitrogens with zero attached hydrogens (tertiary/aromatic N) is 6. The Labute approximate surface area is 230 Å². The summed E-state index contributed by atoms with van der Waals surface area (Å²) in [6.45, 7) is 16.5. The van der Waals surface area contributed by atoms with E-state index in [1.165, 1.54) is 47.2 Å². The summed E-state index contributed by atoms with van der Waals surface area (Å²) < 4.78 is 0. The van der Waals surface area contributed by atoms with Gasteiger partial charge in [-0.25, -0.2) is 0 Å². The van der Waals surface area contributed by atoms with Crippen LogP contribution in [-0.2, 0) is 0 Å². The molecule has 4 heterocycles. The third kappa shape index (κ3) is 5.19. The molecule has 1 N–H and O–H groups in total. The van der Waals surface area contributed by atoms with E-state index >= 15 is 0 Å². The molecule has 0 bridgehead atoms. The van der Waals surface area contributed by atoms with Crippen molar-refractivity contribution in [2.24, 2.45) is 10.1 Å². The molecule has 0 radical (unpaired) electrons. The Bertz CT molecular complexity index is 1180. The van der Waals surface area contributed by atoms with Gasteiger partial charge in [0.25, 0.3) is 0 Å². The fourth-order valence-corrected chi connectivity index (χ4v) is 7.11. The van der Waals surface area contributed by atoms with Crippen LogP contribution in [0.2, 0.25) is 5.02 Å². The second-order valence-electron chi connectivity index (χ2n) is 11.0. The largest absolute Gasteiger partial charge is 0.304 e. The Balaban J connectivity index is 1.43. The highest BCUT2D eigenvalue weighted by molar-refractivity contribution is 7.17. The van der Waals surface area contributed by atoms with Crippen LogP contribution in [0.4, 0.5) is 5.00 Å². The molecule has 2 unspecified atom stereocenters. The maximum atomic E-state index is 6.26. The van der Waals surface area contributed by atoms with Crippen LogP contribution in [0, 0.1) is 13.8 Å². The molecule has 1 saturated heterocycles. The summed E-state index contributed by atoms with van der Waals surface area (Å²) in [5.74, 6) is 0.986. The van der Waals surface area contributed by atoms with E-state index in [9.17, 15) is 0 Å². The number of benzene rings is 1. The molecule has 0 spiro atoms. The van der Waals surface area contributed by atoms with E-state index in [1.54, 1.807) is 0 Å². The van der Waals surface area contributed by atoms with Crippen molar-refractivity contribution in [2.75, 3.05) is 64.8 Å². The number of piperazine rings is 1. The van der Waals surface area contributed by atoms with Gasteiger partial charge in [0.1, 0.15) is 16.9 Å². The van der Waals surface area contributed by atoms with Gasteiger partial charge in [-0.15, -0.1) is 11.3 Å². The molecule has 2 atom stereocenters. The van der Waals surface area contributed by atoms with Gasteiger partial charge >= 0.3 is 0 Å². The van der Waals surface area contributed by atoms with E-state index in [-0.39, 0.29) is 6.04 Å². The SMILES string of the molecule is CC1=NNC2(C)C(CN(C)CCCN3CCN(C)CC3)N=C(c3ccc(Cl)cc3)c3c(sc(C)c3C)N12. The highest BCUT2D eigenvalue weighted by Crippen LogP contribution is 2.44. The third-order valence-corrected chi connectivity index (χ3v) is 9.63. The summed E-state index contributed by atoms with van der Waals surface area (Å²) in [6, 6.07) is 8.10. The van der Waals surface area contributed by atoms with E-state index in [0.29, 0.717) is 0 Å². The van der Waals surface area contributed by atoms with Gasteiger partial charge < -0.3 is 14.7 Å². The molecule has 0 aliphatic carbocycles. The Morgan fingerprint density at radius 2 is 1.84 bits per heavy atom. The lowest BCUT2D eigenvalue weighted by atomic mass is 9.99. The zero-order valence-electron chi connectivity index (χ0n) is 23.0. The monoisotopic (exact) mass is 541 g/mol. The molecule has 5 rings (SSSR count). The van der Waals surface area contributed by atoms with Crippen LogP contribution in [0.1, 0.15) is 41.8 Å². The van der Waals surface area contributed by atoms with Crippen molar-refractivity contribution < 1.29 is 0 Å². The average molecular weight is 542 g/mol. The molecule has 0 amide bonds. The summed E-state index contributed by atoms with van der Waals surface area (Å²) in [5, 5.41) is 6.67. The van der Waals surface area contributed by atoms with E-state index in [4.69, 9.17) is 21.7 Å². The summed E-state index contributed by atoms with van der Waals surface area (Å²) in [5.41, 5.74) is 7.72. The second kappa shape index (κ2) is 10.7. The van der Waals surface area contributed by atoms with Crippen molar-refractivity contribution in [3.8, 4) is 0 Å². The predicted octanol–water partition coefficient (Wildman–Crippen LogP) is 4.27. The van der Waals surface area contributed by atoms with Crippen LogP contribution in [0.15, 0.2) is 34.4 Å². The molecule has 1 aromatic heterocycles. The highest BCUT2D eigenvalue weighted by atomic mass is 35.5. The maximum absolute atomic E-state index is 6.26. The first kappa shape index (κ1) is 26.6. The summed E-state index contributed by atoms with van der Waals surface area (Å²) in [7, 11) is 4.44. The molecule has 0 saturated carbocycles. The Kier molecular flexibility index (Phi) is 7.67. The number of hydrogen-bond acceptors (Lipinski definition) is 8. The molecule has 7 nitrogen and oxygen atoms in total. The van der Waals surface area contributed by atoms with Gasteiger partial charge in [-0.3, -0.25) is 15.3 Å². The van der Waals surface area contributed by atoms with Crippen molar-refractivity contribution in [2.45, 2.75) is 45.8 Å². The summed E-state index contributed by atoms with van der Waals surface area (Å²) >= 11 is 8.10. The quantitative estimate of drug-likeness (QED) is 0.567. The van der Waals surface area contributed by atoms with Crippen molar-refractivity contribution in [3.05, 3.63) is 50.9 Å². The lowest BCUT2D eigenvalue weighted by Gasteiger charge is -2.40. The Hall–Kier alpha value is -1.97. The van der Waals surface area contributed by atoms with Gasteiger partial charge in [0.15, 0.2) is 5.66 Å². The summed E-state index contributed by atoms with van der Waals surface area (Å²) in [6.07, 6.45) is 1.16. The normalized spacial score (nSPS) is 24.4. The first-order valence-corrected chi connectivity index (χ1v) is 14.5. The Morgan fingerprint density at radius 1 is 1.14 bits per heavy atom. The predicted molar refractivity (Wildman–Crippen MR) is 158 cm³/mol. The number of hydrazone groups is 1. The van der Waals surface area contributed by atoms with Gasteiger partial charge in [-0.2, -0.15) is 5.10 Å². The number of likely N-dealkylation sites (N-methyl/N-ethyl adjacent to an activating group) is 2. The molecule has 3 aliphatic heterocycles. The van der Waals surface area contributed by atoms with Crippen LogP contribution < -0.4 is 10.3 Å². The molecule has 1 fully saturated rings. The number of aliphatic imine (C=N–C) groups is 1. The highest BCUT2D eigenvalue weighted by Gasteiger charge is 2.49. The van der Waals surface area contributed by atoms with E-state index < -0.39 is 5.66 Å². The molecule has 1 aromatic carbocycles. The number of hydrogen-bond donors (Lipinski definition) is 1. The number of aryl methyl sites for hydroxylation is 1. The van der Waals surface area contributed by atoms with Gasteiger partial charge in [-0.1, -0.05) is 23.7 Å². The van der Waals surface area contributed by atoms with Crippen molar-refractivity contribution in [1.29, 1.82) is 0 Å². The topological polar surface area (TPSA) is 49.7 Å². The molecule has 3 aliphatic rings. The van der Waals surface area contributed by atoms with Crippen molar-refractivity contribution in [1.82, 2.24) is 20.1 Å². The van der Waals surface area contributed by atoms with E-state index in [2.05, 4.69) is 78.9 Å². The standard InChI is InChI=1S/C28H40ClN7S/c1-19-20(2)37-27-25(19)26(22-8-10-23(29)11-9-22)30-24(28(4)32-31-21(3)36(27)28)18-34(6)12-7-13-35-16-14-33(5)15-17-35/h8-11,24,32H,7,12-18H2,1-6H3. The van der Waals surface area contributed by atoms with Crippen LogP contribution in [0.3, 0.4) is 0 Å². The molecule has 200 valence electrons. The molecule has 9 heteroatoms. The van der Waals surface area contributed by atoms with Gasteiger partial charge in [0, 0.05) is 53.8 Å². The fraction of sp³-hybridized carbons (Fsp3) is 0.571. The number of rotatable bonds is 7. The average Bonchev–Trinajstić information content (AvgIpc) is 3.29. The zero-order valence-corrected chi connectivity index (χ0v) is 24.6. The number of fused-ring (bicyclic) bond motifs is 3. The number of nitrogens with one attached hydrogen (secondary N) is 1. The molecule has 37 heavy (non-hydrogen) atoms. The minimum atomic E-state index is -0.442. The minimum Gasteiger partial charge on any atom is -0.304 e. The lowest BCUT2D eigenvalue weighted by molar-refractivity contribution is 0.146. The van der Waals surface area contributed by atoms with Gasteiger partial charge in [-0.05, 0) is 79.0 Å². The van der Waals surface area contributed by atoms with Crippen LogP contribution in [0.5, 0.6) is 0 Å². The van der Waals surface area contributed by atoms with Crippen molar-refractivity contribution >= 4 is 39.5 Å². The minimum absolute atomic E-state index is 0.0210. The molecular weight excluding hydrogens is 502 g/mol. The number of thiophene rings is 1. The van der Waals surface area contributed by atoms with Crippen LogP contribution in [-0.4, -0.2) is 97.9 Å². The third-order valence-electron chi connectivity index (χ3n) is 8.18. The van der Waals surface area contributed by atoms with Crippen molar-refractivity contribution in [3.63, 3.8) is 0 Å². The smallest absolute Gasteiger partial charge is 0.153 e. The van der Waals surface area contributed by atoms with Gasteiger partial charge in [0.05, 0.1) is 5.71 Å². The summed E-state index contributed by atoms with van der Waals surface area (Å²) in [4.78, 5) is 16.7. The molecular formula is C28H40ClN7S. The molecule has 2 aromatic rings. The number of amidine groups is 1. The fourth-order valence-electron chi connectivity index (χ4n) is 5.67. The lowest BCUT2D eigenvalue weighted by Crippen LogP contribution is -2.61. The maximum Gasteiger partial charge on any atom is 0.153 e. The first-order valence-electron chi connectivity index (χ1n) is 13.3. The van der Waals surface area contributed by atoms with Crippen LogP contribution in [0.25, 0.3) is 0 Å². The van der Waals surface area contributed by atoms with Crippen LogP contribution >= 0.6 is 22.9 Å². The van der Waals surface area contributed by atoms with E-state index in [1.807, 2.05) is 23.5 Å². The number of halogens is 1. The number of anilines is 1. The van der Waals surface area contributed by atoms with Gasteiger partial charge in [0.2, 0.25) is 0 Å². The second-order valence-corrected chi connectivity index (χ2v) is 12.6. The first-order chi connectivity index (χ1) is 17.7. The van der Waals surface area contributed by atoms with E-state index in [0.717, 1.165) is 48.2 Å².